The Labute approximate surface area is 94.2 Å². The Morgan fingerprint density at radius 2 is 2.25 bits per heavy atom. The Balaban J connectivity index is 1.87. The van der Waals surface area contributed by atoms with Crippen LogP contribution in [0.15, 0.2) is 18.2 Å². The van der Waals surface area contributed by atoms with Crippen molar-refractivity contribution in [3.63, 3.8) is 0 Å². The quantitative estimate of drug-likeness (QED) is 0.818. The van der Waals surface area contributed by atoms with Crippen LogP contribution in [0.2, 0.25) is 0 Å². The topological polar surface area (TPSA) is 41.5 Å². The summed E-state index contributed by atoms with van der Waals surface area (Å²) in [5.74, 6) is -0.197. The van der Waals surface area contributed by atoms with Crippen molar-refractivity contribution in [3.8, 4) is 5.75 Å². The summed E-state index contributed by atoms with van der Waals surface area (Å²) in [4.78, 5) is 0. The Bertz CT molecular complexity index is 377. The van der Waals surface area contributed by atoms with E-state index in [0.717, 1.165) is 19.8 Å². The van der Waals surface area contributed by atoms with Crippen molar-refractivity contribution in [3.05, 3.63) is 29.6 Å². The molecule has 0 amide bonds. The van der Waals surface area contributed by atoms with E-state index in [1.807, 2.05) is 0 Å². The fraction of sp³-hybridized carbons (Fsp3) is 0.500. The standard InChI is InChI=1S/C12H16FNO2/c1-12(7-16-8-12)6-14-5-9-4-10(13)2-3-11(9)15/h2-4,14-15H,5-8H2,1H3. The van der Waals surface area contributed by atoms with Crippen LogP contribution in [-0.4, -0.2) is 24.9 Å². The molecule has 0 spiro atoms. The Morgan fingerprint density at radius 1 is 1.50 bits per heavy atom. The van der Waals surface area contributed by atoms with E-state index in [0.29, 0.717) is 12.1 Å². The molecule has 88 valence electrons. The fourth-order valence-electron chi connectivity index (χ4n) is 1.75. The predicted octanol–water partition coefficient (Wildman–Crippen LogP) is 1.66. The SMILES string of the molecule is CC1(CNCc2cc(F)ccc2O)COC1. The number of hydrogen-bond acceptors (Lipinski definition) is 3. The highest BCUT2D eigenvalue weighted by Gasteiger charge is 2.32. The van der Waals surface area contributed by atoms with Gasteiger partial charge in [-0.1, -0.05) is 6.92 Å². The van der Waals surface area contributed by atoms with Gasteiger partial charge in [-0.3, -0.25) is 0 Å². The van der Waals surface area contributed by atoms with Crippen LogP contribution < -0.4 is 5.32 Å². The van der Waals surface area contributed by atoms with E-state index in [1.165, 1.54) is 18.2 Å². The average Bonchev–Trinajstić information content (AvgIpc) is 2.21. The molecule has 4 heteroatoms. The van der Waals surface area contributed by atoms with Gasteiger partial charge in [0.15, 0.2) is 0 Å². The van der Waals surface area contributed by atoms with Crippen molar-refractivity contribution < 1.29 is 14.2 Å². The van der Waals surface area contributed by atoms with Crippen LogP contribution >= 0.6 is 0 Å². The van der Waals surface area contributed by atoms with Crippen LogP contribution in [0.25, 0.3) is 0 Å². The van der Waals surface area contributed by atoms with Crippen LogP contribution in [-0.2, 0) is 11.3 Å². The zero-order valence-electron chi connectivity index (χ0n) is 9.29. The van der Waals surface area contributed by atoms with Crippen molar-refractivity contribution in [2.45, 2.75) is 13.5 Å². The minimum absolute atomic E-state index is 0.129. The van der Waals surface area contributed by atoms with Crippen LogP contribution in [0.3, 0.4) is 0 Å². The third-order valence-corrected chi connectivity index (χ3v) is 2.81. The minimum atomic E-state index is -0.326. The number of aromatic hydroxyl groups is 1. The first-order chi connectivity index (χ1) is 7.59. The first kappa shape index (κ1) is 11.4. The summed E-state index contributed by atoms with van der Waals surface area (Å²) in [5, 5.41) is 12.7. The molecule has 0 saturated carbocycles. The van der Waals surface area contributed by atoms with Gasteiger partial charge < -0.3 is 15.2 Å². The molecule has 1 aliphatic rings. The molecule has 0 radical (unpaired) electrons. The second-order valence-electron chi connectivity index (χ2n) is 4.68. The largest absolute Gasteiger partial charge is 0.508 e. The molecular formula is C12H16FNO2. The predicted molar refractivity (Wildman–Crippen MR) is 58.7 cm³/mol. The average molecular weight is 225 g/mol. The van der Waals surface area contributed by atoms with E-state index in [2.05, 4.69) is 12.2 Å². The lowest BCUT2D eigenvalue weighted by atomic mass is 9.89. The number of phenolic OH excluding ortho intramolecular Hbond substituents is 1. The van der Waals surface area contributed by atoms with Crippen LogP contribution in [0, 0.1) is 11.2 Å². The molecular weight excluding hydrogens is 209 g/mol. The summed E-state index contributed by atoms with van der Waals surface area (Å²) < 4.78 is 18.1. The van der Waals surface area contributed by atoms with Gasteiger partial charge in [-0.25, -0.2) is 4.39 Å². The monoisotopic (exact) mass is 225 g/mol. The third kappa shape index (κ3) is 2.51. The zero-order valence-corrected chi connectivity index (χ0v) is 9.29. The second-order valence-corrected chi connectivity index (χ2v) is 4.68. The van der Waals surface area contributed by atoms with Gasteiger partial charge in [-0.2, -0.15) is 0 Å². The van der Waals surface area contributed by atoms with Gasteiger partial charge in [0, 0.05) is 24.1 Å². The van der Waals surface area contributed by atoms with Crippen molar-refractivity contribution >= 4 is 0 Å². The molecule has 0 bridgehead atoms. The normalized spacial score (nSPS) is 18.1. The van der Waals surface area contributed by atoms with Crippen LogP contribution in [0.4, 0.5) is 4.39 Å². The maximum Gasteiger partial charge on any atom is 0.123 e. The van der Waals surface area contributed by atoms with Crippen molar-refractivity contribution in [2.75, 3.05) is 19.8 Å². The molecule has 2 N–H and O–H groups in total. The first-order valence-electron chi connectivity index (χ1n) is 5.35. The second kappa shape index (κ2) is 4.39. The van der Waals surface area contributed by atoms with Gasteiger partial charge >= 0.3 is 0 Å². The van der Waals surface area contributed by atoms with E-state index in [1.54, 1.807) is 0 Å². The number of benzene rings is 1. The summed E-state index contributed by atoms with van der Waals surface area (Å²) in [5.41, 5.74) is 0.770. The number of rotatable bonds is 4. The van der Waals surface area contributed by atoms with E-state index in [4.69, 9.17) is 4.74 Å². The van der Waals surface area contributed by atoms with E-state index < -0.39 is 0 Å². The van der Waals surface area contributed by atoms with E-state index in [-0.39, 0.29) is 17.0 Å². The molecule has 0 atom stereocenters. The van der Waals surface area contributed by atoms with Gasteiger partial charge in [0.05, 0.1) is 13.2 Å². The molecule has 3 nitrogen and oxygen atoms in total. The zero-order chi connectivity index (χ0) is 11.6. The first-order valence-corrected chi connectivity index (χ1v) is 5.35. The lowest BCUT2D eigenvalue weighted by molar-refractivity contribution is -0.0991. The summed E-state index contributed by atoms with van der Waals surface area (Å²) in [6, 6.07) is 3.97. The maximum atomic E-state index is 12.9. The molecule has 0 aliphatic carbocycles. The molecule has 1 fully saturated rings. The van der Waals surface area contributed by atoms with E-state index in [9.17, 15) is 9.50 Å². The molecule has 0 unspecified atom stereocenters. The number of ether oxygens (including phenoxy) is 1. The number of halogens is 1. The molecule has 1 saturated heterocycles. The highest BCUT2D eigenvalue weighted by molar-refractivity contribution is 5.32. The molecule has 1 aromatic carbocycles. The van der Waals surface area contributed by atoms with Gasteiger partial charge in [-0.15, -0.1) is 0 Å². The molecule has 1 aliphatic heterocycles. The van der Waals surface area contributed by atoms with Crippen molar-refractivity contribution in [1.29, 1.82) is 0 Å². The molecule has 1 aromatic rings. The molecule has 2 rings (SSSR count). The van der Waals surface area contributed by atoms with Crippen LogP contribution in [0.5, 0.6) is 5.75 Å². The summed E-state index contributed by atoms with van der Waals surface area (Å²) in [6.07, 6.45) is 0. The Morgan fingerprint density at radius 3 is 2.88 bits per heavy atom. The summed E-state index contributed by atoms with van der Waals surface area (Å²) in [7, 11) is 0. The summed E-state index contributed by atoms with van der Waals surface area (Å²) >= 11 is 0. The third-order valence-electron chi connectivity index (χ3n) is 2.81. The fourth-order valence-corrected chi connectivity index (χ4v) is 1.75. The minimum Gasteiger partial charge on any atom is -0.508 e. The Kier molecular flexibility index (Phi) is 3.12. The lowest BCUT2D eigenvalue weighted by Crippen LogP contribution is -2.47. The van der Waals surface area contributed by atoms with Crippen molar-refractivity contribution in [1.82, 2.24) is 5.32 Å². The smallest absolute Gasteiger partial charge is 0.123 e. The number of phenols is 1. The highest BCUT2D eigenvalue weighted by atomic mass is 19.1. The molecule has 1 heterocycles. The lowest BCUT2D eigenvalue weighted by Gasteiger charge is -2.38. The number of nitrogens with one attached hydrogen (secondary N) is 1. The Hall–Kier alpha value is -1.13. The van der Waals surface area contributed by atoms with Crippen LogP contribution in [0.1, 0.15) is 12.5 Å². The maximum absolute atomic E-state index is 12.9. The molecule has 16 heavy (non-hydrogen) atoms. The number of hydrogen-bond donors (Lipinski definition) is 2. The highest BCUT2D eigenvalue weighted by Crippen LogP contribution is 2.25. The van der Waals surface area contributed by atoms with Gasteiger partial charge in [-0.05, 0) is 18.2 Å². The van der Waals surface area contributed by atoms with E-state index >= 15 is 0 Å². The van der Waals surface area contributed by atoms with Gasteiger partial charge in [0.2, 0.25) is 0 Å². The summed E-state index contributed by atoms with van der Waals surface area (Å²) in [6.45, 7) is 4.93. The van der Waals surface area contributed by atoms with Crippen molar-refractivity contribution in [2.24, 2.45) is 5.41 Å². The van der Waals surface area contributed by atoms with Gasteiger partial charge in [0.1, 0.15) is 11.6 Å². The molecule has 0 aromatic heterocycles. The van der Waals surface area contributed by atoms with Gasteiger partial charge in [0.25, 0.3) is 0 Å².